The Kier molecular flexibility index (Phi) is 7.92. The van der Waals surface area contributed by atoms with Crippen LogP contribution in [-0.2, 0) is 10.2 Å². The predicted octanol–water partition coefficient (Wildman–Crippen LogP) is 2.02. The highest BCUT2D eigenvalue weighted by Crippen LogP contribution is 2.26. The summed E-state index contributed by atoms with van der Waals surface area (Å²) in [4.78, 5) is 0. The van der Waals surface area contributed by atoms with Gasteiger partial charge in [-0.05, 0) is 38.1 Å². The molecule has 0 aliphatic heterocycles. The molecule has 2 atom stereocenters. The van der Waals surface area contributed by atoms with E-state index in [9.17, 15) is 8.42 Å². The first kappa shape index (κ1) is 19.2. The molecule has 7 heteroatoms. The second-order valence-corrected chi connectivity index (χ2v) is 8.08. The van der Waals surface area contributed by atoms with Gasteiger partial charge in [-0.3, -0.25) is 0 Å². The number of hydrogen-bond donors (Lipinski definition) is 2. The second kappa shape index (κ2) is 8.67. The predicted molar refractivity (Wildman–Crippen MR) is 88.7 cm³/mol. The lowest BCUT2D eigenvalue weighted by molar-refractivity contribution is 0.263. The summed E-state index contributed by atoms with van der Waals surface area (Å²) in [5.41, 5.74) is 5.78. The summed E-state index contributed by atoms with van der Waals surface area (Å²) in [6, 6.07) is 0.186. The topological polar surface area (TPSA) is 75.4 Å². The van der Waals surface area contributed by atoms with Crippen molar-refractivity contribution in [2.75, 3.05) is 13.6 Å². The molecule has 2 fully saturated rings. The van der Waals surface area contributed by atoms with E-state index in [1.807, 2.05) is 0 Å². The fourth-order valence-corrected chi connectivity index (χ4v) is 5.02. The fraction of sp³-hybridized carbons (Fsp3) is 1.00. The first-order valence-electron chi connectivity index (χ1n) is 8.00. The van der Waals surface area contributed by atoms with Gasteiger partial charge in [-0.15, -0.1) is 12.4 Å². The minimum atomic E-state index is -3.37. The van der Waals surface area contributed by atoms with E-state index in [1.54, 1.807) is 11.4 Å². The number of hydrogen-bond acceptors (Lipinski definition) is 3. The smallest absolute Gasteiger partial charge is 0.279 e. The molecule has 0 saturated heterocycles. The molecule has 126 valence electrons. The van der Waals surface area contributed by atoms with Gasteiger partial charge in [0.25, 0.3) is 10.2 Å². The van der Waals surface area contributed by atoms with E-state index in [0.29, 0.717) is 12.5 Å². The molecule has 0 radical (unpaired) electrons. The molecule has 2 saturated carbocycles. The van der Waals surface area contributed by atoms with Crippen LogP contribution in [0.25, 0.3) is 0 Å². The van der Waals surface area contributed by atoms with Gasteiger partial charge in [-0.1, -0.05) is 32.1 Å². The van der Waals surface area contributed by atoms with Gasteiger partial charge >= 0.3 is 0 Å². The standard InChI is InChI=1S/C14H29N3O2S.ClH/c1-17(13-8-3-2-4-9-13)20(18,19)16-14-10-6-5-7-12(14)11-15;/h12-14,16H,2-11,15H2,1H3;1H. The van der Waals surface area contributed by atoms with Crippen LogP contribution in [0.5, 0.6) is 0 Å². The monoisotopic (exact) mass is 339 g/mol. The summed E-state index contributed by atoms with van der Waals surface area (Å²) in [5, 5.41) is 0. The van der Waals surface area contributed by atoms with Crippen LogP contribution in [0.1, 0.15) is 57.8 Å². The lowest BCUT2D eigenvalue weighted by Gasteiger charge is -2.35. The van der Waals surface area contributed by atoms with E-state index in [-0.39, 0.29) is 24.5 Å². The maximum Gasteiger partial charge on any atom is 0.279 e. The third-order valence-electron chi connectivity index (χ3n) is 4.98. The minimum Gasteiger partial charge on any atom is -0.330 e. The molecule has 2 aliphatic rings. The molecule has 3 N–H and O–H groups in total. The summed E-state index contributed by atoms with van der Waals surface area (Å²) in [7, 11) is -1.65. The Labute approximate surface area is 135 Å². The number of nitrogens with one attached hydrogen (secondary N) is 1. The van der Waals surface area contributed by atoms with Crippen LogP contribution in [0.2, 0.25) is 0 Å². The Morgan fingerprint density at radius 2 is 1.62 bits per heavy atom. The summed E-state index contributed by atoms with van der Waals surface area (Å²) in [6.07, 6.45) is 9.70. The molecule has 0 bridgehead atoms. The van der Waals surface area contributed by atoms with Crippen molar-refractivity contribution in [3.05, 3.63) is 0 Å². The van der Waals surface area contributed by atoms with Crippen LogP contribution in [0.15, 0.2) is 0 Å². The Balaban J connectivity index is 0.00000220. The molecular formula is C14H30ClN3O2S. The molecule has 2 rings (SSSR count). The maximum atomic E-state index is 12.5. The molecule has 2 aliphatic carbocycles. The minimum absolute atomic E-state index is 0. The summed E-state index contributed by atoms with van der Waals surface area (Å²) < 4.78 is 29.5. The molecule has 21 heavy (non-hydrogen) atoms. The normalized spacial score (nSPS) is 28.3. The van der Waals surface area contributed by atoms with Crippen LogP contribution in [0, 0.1) is 5.92 Å². The van der Waals surface area contributed by atoms with Gasteiger partial charge in [0.2, 0.25) is 0 Å². The maximum absolute atomic E-state index is 12.5. The zero-order chi connectivity index (χ0) is 14.6. The Bertz CT molecular complexity index is 399. The van der Waals surface area contributed by atoms with Crippen molar-refractivity contribution in [2.45, 2.75) is 69.9 Å². The fourth-order valence-electron chi connectivity index (χ4n) is 3.56. The van der Waals surface area contributed by atoms with Crippen LogP contribution in [-0.4, -0.2) is 38.4 Å². The molecule has 2 unspecified atom stereocenters. The summed E-state index contributed by atoms with van der Waals surface area (Å²) >= 11 is 0. The number of nitrogens with zero attached hydrogens (tertiary/aromatic N) is 1. The molecule has 0 aromatic heterocycles. The van der Waals surface area contributed by atoms with Gasteiger partial charge in [0, 0.05) is 19.1 Å². The highest BCUT2D eigenvalue weighted by Gasteiger charge is 2.32. The quantitative estimate of drug-likeness (QED) is 0.804. The third-order valence-corrected chi connectivity index (χ3v) is 6.64. The van der Waals surface area contributed by atoms with Crippen LogP contribution >= 0.6 is 12.4 Å². The van der Waals surface area contributed by atoms with Crippen molar-refractivity contribution in [3.63, 3.8) is 0 Å². The van der Waals surface area contributed by atoms with Crippen LogP contribution in [0.3, 0.4) is 0 Å². The molecule has 0 aromatic carbocycles. The molecule has 0 amide bonds. The lowest BCUT2D eigenvalue weighted by Crippen LogP contribution is -2.51. The Morgan fingerprint density at radius 3 is 2.24 bits per heavy atom. The number of halogens is 1. The van der Waals surface area contributed by atoms with Crippen molar-refractivity contribution in [1.29, 1.82) is 0 Å². The van der Waals surface area contributed by atoms with E-state index >= 15 is 0 Å². The number of rotatable bonds is 5. The third kappa shape index (κ3) is 5.06. The lowest BCUT2D eigenvalue weighted by atomic mass is 9.85. The molecule has 5 nitrogen and oxygen atoms in total. The first-order chi connectivity index (χ1) is 9.54. The van der Waals surface area contributed by atoms with Crippen LogP contribution < -0.4 is 10.5 Å². The molecule has 0 aromatic rings. The van der Waals surface area contributed by atoms with Crippen molar-refractivity contribution < 1.29 is 8.42 Å². The van der Waals surface area contributed by atoms with Crippen molar-refractivity contribution in [2.24, 2.45) is 11.7 Å². The van der Waals surface area contributed by atoms with Gasteiger partial charge in [-0.25, -0.2) is 0 Å². The summed E-state index contributed by atoms with van der Waals surface area (Å²) in [6.45, 7) is 0.570. The van der Waals surface area contributed by atoms with Gasteiger partial charge < -0.3 is 5.73 Å². The van der Waals surface area contributed by atoms with Gasteiger partial charge in [0.05, 0.1) is 0 Å². The Morgan fingerprint density at radius 1 is 1.05 bits per heavy atom. The number of nitrogens with two attached hydrogens (primary N) is 1. The van der Waals surface area contributed by atoms with E-state index < -0.39 is 10.2 Å². The van der Waals surface area contributed by atoms with Gasteiger partial charge in [-0.2, -0.15) is 17.4 Å². The van der Waals surface area contributed by atoms with Crippen molar-refractivity contribution in [3.8, 4) is 0 Å². The zero-order valence-electron chi connectivity index (χ0n) is 13.0. The van der Waals surface area contributed by atoms with Gasteiger partial charge in [0.1, 0.15) is 0 Å². The molecule has 0 spiro atoms. The van der Waals surface area contributed by atoms with Crippen molar-refractivity contribution >= 4 is 22.6 Å². The summed E-state index contributed by atoms with van der Waals surface area (Å²) in [5.74, 6) is 0.290. The average molecular weight is 340 g/mol. The van der Waals surface area contributed by atoms with Crippen molar-refractivity contribution in [1.82, 2.24) is 9.03 Å². The SMILES string of the molecule is CN(C1CCCCC1)S(=O)(=O)NC1CCCCC1CN.Cl. The molecule has 0 heterocycles. The highest BCUT2D eigenvalue weighted by atomic mass is 35.5. The molecular weight excluding hydrogens is 310 g/mol. The van der Waals surface area contributed by atoms with E-state index in [1.165, 1.54) is 12.8 Å². The average Bonchev–Trinajstić information content (AvgIpc) is 2.47. The van der Waals surface area contributed by atoms with Gasteiger partial charge in [0.15, 0.2) is 0 Å². The Hall–Kier alpha value is 0.120. The second-order valence-electron chi connectivity index (χ2n) is 6.32. The highest BCUT2D eigenvalue weighted by molar-refractivity contribution is 7.87. The van der Waals surface area contributed by atoms with Crippen LogP contribution in [0.4, 0.5) is 0 Å². The zero-order valence-corrected chi connectivity index (χ0v) is 14.6. The largest absolute Gasteiger partial charge is 0.330 e. The first-order valence-corrected chi connectivity index (χ1v) is 9.44. The van der Waals surface area contributed by atoms with E-state index in [2.05, 4.69) is 4.72 Å². The van der Waals surface area contributed by atoms with E-state index in [4.69, 9.17) is 5.73 Å². The van der Waals surface area contributed by atoms with E-state index in [0.717, 1.165) is 44.9 Å².